The highest BCUT2D eigenvalue weighted by Crippen LogP contribution is 2.18. The second-order valence-electron chi connectivity index (χ2n) is 3.94. The molecule has 0 bridgehead atoms. The van der Waals surface area contributed by atoms with E-state index in [-0.39, 0.29) is 0 Å². The van der Waals surface area contributed by atoms with E-state index >= 15 is 0 Å². The smallest absolute Gasteiger partial charge is 0.0724 e. The van der Waals surface area contributed by atoms with E-state index in [2.05, 4.69) is 17.1 Å². The summed E-state index contributed by atoms with van der Waals surface area (Å²) < 4.78 is 5.45. The van der Waals surface area contributed by atoms with Crippen LogP contribution in [0.25, 0.3) is 0 Å². The second kappa shape index (κ2) is 5.58. The molecule has 1 N–H and O–H groups in total. The van der Waals surface area contributed by atoms with Crippen LogP contribution in [0.2, 0.25) is 0 Å². The van der Waals surface area contributed by atoms with E-state index in [0.29, 0.717) is 6.10 Å². The quantitative estimate of drug-likeness (QED) is 0.694. The zero-order valence-electron chi connectivity index (χ0n) is 9.05. The SMILES string of the molecule is CNCCN1CCC(C)C(OC)C1. The summed E-state index contributed by atoms with van der Waals surface area (Å²) >= 11 is 0. The fourth-order valence-corrected chi connectivity index (χ4v) is 1.88. The number of likely N-dealkylation sites (N-methyl/N-ethyl adjacent to an activating group) is 1. The normalized spacial score (nSPS) is 30.7. The molecule has 1 fully saturated rings. The van der Waals surface area contributed by atoms with Gasteiger partial charge in [0.2, 0.25) is 0 Å². The van der Waals surface area contributed by atoms with Gasteiger partial charge in [-0.1, -0.05) is 6.92 Å². The van der Waals surface area contributed by atoms with Crippen LogP contribution in [0.15, 0.2) is 0 Å². The molecular formula is C10H22N2O. The number of nitrogens with one attached hydrogen (secondary N) is 1. The van der Waals surface area contributed by atoms with Crippen molar-refractivity contribution in [3.8, 4) is 0 Å². The van der Waals surface area contributed by atoms with Crippen molar-refractivity contribution in [2.45, 2.75) is 19.4 Å². The van der Waals surface area contributed by atoms with Crippen molar-refractivity contribution in [3.05, 3.63) is 0 Å². The van der Waals surface area contributed by atoms with Crippen LogP contribution in [0.4, 0.5) is 0 Å². The van der Waals surface area contributed by atoms with Crippen LogP contribution in [0, 0.1) is 5.92 Å². The molecule has 0 aromatic carbocycles. The predicted octanol–water partition coefficient (Wildman–Crippen LogP) is 0.563. The maximum atomic E-state index is 5.45. The fourth-order valence-electron chi connectivity index (χ4n) is 1.88. The zero-order valence-corrected chi connectivity index (χ0v) is 9.05. The van der Waals surface area contributed by atoms with E-state index in [4.69, 9.17) is 4.74 Å². The Hall–Kier alpha value is -0.120. The van der Waals surface area contributed by atoms with Crippen molar-refractivity contribution in [3.63, 3.8) is 0 Å². The summed E-state index contributed by atoms with van der Waals surface area (Å²) in [6, 6.07) is 0. The summed E-state index contributed by atoms with van der Waals surface area (Å²) in [6.07, 6.45) is 1.70. The Labute approximate surface area is 81.4 Å². The molecule has 0 aliphatic carbocycles. The first-order chi connectivity index (χ1) is 6.27. The minimum absolute atomic E-state index is 0.436. The molecule has 0 spiro atoms. The summed E-state index contributed by atoms with van der Waals surface area (Å²) in [7, 11) is 3.82. The van der Waals surface area contributed by atoms with Gasteiger partial charge in [0.1, 0.15) is 0 Å². The summed E-state index contributed by atoms with van der Waals surface area (Å²) in [5, 5.41) is 3.18. The van der Waals surface area contributed by atoms with Gasteiger partial charge < -0.3 is 10.1 Å². The molecule has 0 saturated carbocycles. The summed E-state index contributed by atoms with van der Waals surface area (Å²) in [5.74, 6) is 0.718. The lowest BCUT2D eigenvalue weighted by molar-refractivity contribution is -0.00429. The van der Waals surface area contributed by atoms with Crippen LogP contribution in [0.5, 0.6) is 0 Å². The minimum Gasteiger partial charge on any atom is -0.380 e. The minimum atomic E-state index is 0.436. The summed E-state index contributed by atoms with van der Waals surface area (Å²) in [6.45, 7) is 6.82. The lowest BCUT2D eigenvalue weighted by Gasteiger charge is -2.36. The second-order valence-corrected chi connectivity index (χ2v) is 3.94. The summed E-state index contributed by atoms with van der Waals surface area (Å²) in [5.41, 5.74) is 0. The zero-order chi connectivity index (χ0) is 9.68. The number of nitrogens with zero attached hydrogens (tertiary/aromatic N) is 1. The van der Waals surface area contributed by atoms with Crippen molar-refractivity contribution in [1.82, 2.24) is 10.2 Å². The fraction of sp³-hybridized carbons (Fsp3) is 1.00. The monoisotopic (exact) mass is 186 g/mol. The average Bonchev–Trinajstić information content (AvgIpc) is 2.16. The highest BCUT2D eigenvalue weighted by molar-refractivity contribution is 4.78. The highest BCUT2D eigenvalue weighted by Gasteiger charge is 2.25. The molecule has 2 atom stereocenters. The number of methoxy groups -OCH3 is 1. The van der Waals surface area contributed by atoms with E-state index in [1.54, 1.807) is 0 Å². The van der Waals surface area contributed by atoms with Gasteiger partial charge >= 0.3 is 0 Å². The van der Waals surface area contributed by atoms with Crippen molar-refractivity contribution in [2.24, 2.45) is 5.92 Å². The van der Waals surface area contributed by atoms with E-state index < -0.39 is 0 Å². The van der Waals surface area contributed by atoms with Gasteiger partial charge in [0.05, 0.1) is 6.10 Å². The Kier molecular flexibility index (Phi) is 4.70. The molecule has 3 heteroatoms. The van der Waals surface area contributed by atoms with Crippen molar-refractivity contribution >= 4 is 0 Å². The first-order valence-electron chi connectivity index (χ1n) is 5.17. The number of rotatable bonds is 4. The maximum absolute atomic E-state index is 5.45. The third kappa shape index (κ3) is 3.25. The van der Waals surface area contributed by atoms with Gasteiger partial charge in [0.25, 0.3) is 0 Å². The Bertz CT molecular complexity index is 139. The van der Waals surface area contributed by atoms with E-state index in [0.717, 1.165) is 25.6 Å². The van der Waals surface area contributed by atoms with Gasteiger partial charge in [-0.25, -0.2) is 0 Å². The molecule has 1 rings (SSSR count). The van der Waals surface area contributed by atoms with Crippen LogP contribution in [0.3, 0.4) is 0 Å². The topological polar surface area (TPSA) is 24.5 Å². The van der Waals surface area contributed by atoms with E-state index in [1.807, 2.05) is 14.2 Å². The molecule has 0 aromatic rings. The van der Waals surface area contributed by atoms with Crippen LogP contribution in [-0.4, -0.2) is 51.3 Å². The molecule has 1 saturated heterocycles. The molecule has 0 aromatic heterocycles. The van der Waals surface area contributed by atoms with Gasteiger partial charge in [-0.2, -0.15) is 0 Å². The Morgan fingerprint density at radius 2 is 2.31 bits per heavy atom. The predicted molar refractivity (Wildman–Crippen MR) is 54.9 cm³/mol. The molecule has 1 aliphatic rings. The van der Waals surface area contributed by atoms with Crippen molar-refractivity contribution in [1.29, 1.82) is 0 Å². The van der Waals surface area contributed by atoms with Crippen molar-refractivity contribution in [2.75, 3.05) is 40.3 Å². The Morgan fingerprint density at radius 3 is 2.92 bits per heavy atom. The average molecular weight is 186 g/mol. The Morgan fingerprint density at radius 1 is 1.54 bits per heavy atom. The Balaban J connectivity index is 2.27. The van der Waals surface area contributed by atoms with Crippen LogP contribution in [0.1, 0.15) is 13.3 Å². The number of hydrogen-bond acceptors (Lipinski definition) is 3. The molecule has 3 nitrogen and oxygen atoms in total. The largest absolute Gasteiger partial charge is 0.380 e. The lowest BCUT2D eigenvalue weighted by Crippen LogP contribution is -2.45. The first kappa shape index (κ1) is 11.0. The lowest BCUT2D eigenvalue weighted by atomic mass is 9.96. The third-order valence-corrected chi connectivity index (χ3v) is 2.95. The standard InChI is InChI=1S/C10H22N2O/c1-9-4-6-12(7-5-11-2)8-10(9)13-3/h9-11H,4-8H2,1-3H3. The molecule has 0 radical (unpaired) electrons. The van der Waals surface area contributed by atoms with Gasteiger partial charge in [-0.3, -0.25) is 4.90 Å². The van der Waals surface area contributed by atoms with Crippen LogP contribution >= 0.6 is 0 Å². The highest BCUT2D eigenvalue weighted by atomic mass is 16.5. The van der Waals surface area contributed by atoms with Gasteiger partial charge in [-0.05, 0) is 25.9 Å². The van der Waals surface area contributed by atoms with E-state index in [9.17, 15) is 0 Å². The van der Waals surface area contributed by atoms with Gasteiger partial charge in [-0.15, -0.1) is 0 Å². The van der Waals surface area contributed by atoms with Gasteiger partial charge in [0.15, 0.2) is 0 Å². The number of ether oxygens (including phenoxy) is 1. The van der Waals surface area contributed by atoms with Crippen LogP contribution < -0.4 is 5.32 Å². The van der Waals surface area contributed by atoms with Gasteiger partial charge in [0, 0.05) is 26.7 Å². The molecule has 13 heavy (non-hydrogen) atoms. The first-order valence-corrected chi connectivity index (χ1v) is 5.17. The third-order valence-electron chi connectivity index (χ3n) is 2.95. The molecule has 1 aliphatic heterocycles. The number of piperidine rings is 1. The molecular weight excluding hydrogens is 164 g/mol. The molecule has 1 heterocycles. The number of hydrogen-bond donors (Lipinski definition) is 1. The maximum Gasteiger partial charge on any atom is 0.0724 e. The molecule has 2 unspecified atom stereocenters. The summed E-state index contributed by atoms with van der Waals surface area (Å²) in [4.78, 5) is 2.48. The molecule has 0 amide bonds. The number of likely N-dealkylation sites (tertiary alicyclic amines) is 1. The van der Waals surface area contributed by atoms with E-state index in [1.165, 1.54) is 13.0 Å². The van der Waals surface area contributed by atoms with Crippen LogP contribution in [-0.2, 0) is 4.74 Å². The molecule has 78 valence electrons. The van der Waals surface area contributed by atoms with Crippen molar-refractivity contribution < 1.29 is 4.74 Å².